The van der Waals surface area contributed by atoms with E-state index in [2.05, 4.69) is 23.9 Å². The van der Waals surface area contributed by atoms with E-state index < -0.39 is 12.1 Å². The van der Waals surface area contributed by atoms with Crippen molar-refractivity contribution in [1.82, 2.24) is 0 Å². The Hall–Kier alpha value is -2.82. The van der Waals surface area contributed by atoms with E-state index in [0.29, 0.717) is 17.2 Å². The molecule has 0 aliphatic heterocycles. The molecule has 0 saturated carbocycles. The average Bonchev–Trinajstić information content (AvgIpc) is 2.62. The molecule has 0 aliphatic carbocycles. The average molecular weight is 355 g/mol. The van der Waals surface area contributed by atoms with Gasteiger partial charge in [0, 0.05) is 5.69 Å². The lowest BCUT2D eigenvalue weighted by atomic mass is 9.98. The highest BCUT2D eigenvalue weighted by molar-refractivity contribution is 5.95. The summed E-state index contributed by atoms with van der Waals surface area (Å²) in [5.74, 6) is 0.169. The van der Waals surface area contributed by atoms with Gasteiger partial charge in [0.15, 0.2) is 6.10 Å². The summed E-state index contributed by atoms with van der Waals surface area (Å²) in [7, 11) is 1.33. The number of nitrogens with one attached hydrogen (secondary N) is 1. The zero-order valence-electron chi connectivity index (χ0n) is 15.8. The van der Waals surface area contributed by atoms with Crippen LogP contribution >= 0.6 is 0 Å². The van der Waals surface area contributed by atoms with E-state index in [9.17, 15) is 9.59 Å². The first kappa shape index (κ1) is 19.5. The van der Waals surface area contributed by atoms with Crippen LogP contribution in [-0.4, -0.2) is 25.1 Å². The molecule has 0 aliphatic rings. The van der Waals surface area contributed by atoms with Gasteiger partial charge < -0.3 is 14.8 Å². The number of amides is 1. The van der Waals surface area contributed by atoms with Gasteiger partial charge in [0.05, 0.1) is 12.7 Å². The molecule has 0 bridgehead atoms. The van der Waals surface area contributed by atoms with Crippen molar-refractivity contribution in [3.8, 4) is 5.75 Å². The van der Waals surface area contributed by atoms with Crippen LogP contribution in [0.4, 0.5) is 5.69 Å². The fraction of sp³-hybridized carbons (Fsp3) is 0.333. The summed E-state index contributed by atoms with van der Waals surface area (Å²) >= 11 is 0. The molecule has 1 atom stereocenters. The number of carbonyl (C=O) groups excluding carboxylic acids is 2. The monoisotopic (exact) mass is 355 g/mol. The maximum Gasteiger partial charge on any atom is 0.337 e. The summed E-state index contributed by atoms with van der Waals surface area (Å²) in [6, 6.07) is 12.5. The standard InChI is InChI=1S/C21H25NO4/c1-13(2)18-8-6-7-14(3)19(18)22-20(23)15(4)26-17-11-9-16(10-12-17)21(24)25-5/h6-13,15H,1-5H3,(H,22,23)/t15-/m1/s1. The minimum atomic E-state index is -0.682. The minimum Gasteiger partial charge on any atom is -0.481 e. The number of carbonyl (C=O) groups is 2. The van der Waals surface area contributed by atoms with Gasteiger partial charge >= 0.3 is 5.97 Å². The van der Waals surface area contributed by atoms with Gasteiger partial charge in [-0.2, -0.15) is 0 Å². The van der Waals surface area contributed by atoms with Crippen LogP contribution in [0, 0.1) is 6.92 Å². The van der Waals surface area contributed by atoms with E-state index in [1.807, 2.05) is 25.1 Å². The molecule has 0 heterocycles. The number of methoxy groups -OCH3 is 1. The van der Waals surface area contributed by atoms with Crippen LogP contribution in [0.15, 0.2) is 42.5 Å². The third kappa shape index (κ3) is 4.63. The van der Waals surface area contributed by atoms with Crippen LogP contribution in [0.3, 0.4) is 0 Å². The lowest BCUT2D eigenvalue weighted by Crippen LogP contribution is -2.30. The number of anilines is 1. The van der Waals surface area contributed by atoms with E-state index in [4.69, 9.17) is 4.74 Å². The van der Waals surface area contributed by atoms with Gasteiger partial charge in [-0.1, -0.05) is 32.0 Å². The lowest BCUT2D eigenvalue weighted by molar-refractivity contribution is -0.122. The zero-order chi connectivity index (χ0) is 19.3. The smallest absolute Gasteiger partial charge is 0.337 e. The van der Waals surface area contributed by atoms with Crippen LogP contribution in [0.2, 0.25) is 0 Å². The molecule has 1 amide bonds. The molecule has 2 aromatic rings. The van der Waals surface area contributed by atoms with E-state index in [1.165, 1.54) is 7.11 Å². The zero-order valence-corrected chi connectivity index (χ0v) is 15.8. The Bertz CT molecular complexity index is 781. The van der Waals surface area contributed by atoms with Crippen molar-refractivity contribution in [3.05, 3.63) is 59.2 Å². The highest BCUT2D eigenvalue weighted by atomic mass is 16.5. The molecule has 26 heavy (non-hydrogen) atoms. The van der Waals surface area contributed by atoms with Gasteiger partial charge in [0.2, 0.25) is 0 Å². The quantitative estimate of drug-likeness (QED) is 0.784. The second kappa shape index (κ2) is 8.52. The molecule has 5 heteroatoms. The van der Waals surface area contributed by atoms with Crippen molar-refractivity contribution in [2.45, 2.75) is 39.7 Å². The molecule has 0 aromatic heterocycles. The summed E-state index contributed by atoms with van der Waals surface area (Å²) in [5, 5.41) is 2.98. The highest BCUT2D eigenvalue weighted by Crippen LogP contribution is 2.27. The predicted molar refractivity (Wildman–Crippen MR) is 102 cm³/mol. The third-order valence-electron chi connectivity index (χ3n) is 4.13. The Morgan fingerprint density at radius 3 is 2.23 bits per heavy atom. The fourth-order valence-electron chi connectivity index (χ4n) is 2.61. The topological polar surface area (TPSA) is 64.6 Å². The van der Waals surface area contributed by atoms with Crippen LogP contribution in [0.5, 0.6) is 5.75 Å². The molecule has 2 rings (SSSR count). The first-order valence-corrected chi connectivity index (χ1v) is 8.59. The first-order valence-electron chi connectivity index (χ1n) is 8.59. The molecule has 138 valence electrons. The Balaban J connectivity index is 2.08. The van der Waals surface area contributed by atoms with Crippen LogP contribution in [-0.2, 0) is 9.53 Å². The maximum atomic E-state index is 12.6. The van der Waals surface area contributed by atoms with Crippen molar-refractivity contribution in [1.29, 1.82) is 0 Å². The van der Waals surface area contributed by atoms with Gasteiger partial charge in [0.25, 0.3) is 5.91 Å². The Morgan fingerprint density at radius 1 is 1.00 bits per heavy atom. The van der Waals surface area contributed by atoms with Crippen molar-refractivity contribution in [2.24, 2.45) is 0 Å². The molecular formula is C21H25NO4. The maximum absolute atomic E-state index is 12.6. The van der Waals surface area contributed by atoms with Crippen molar-refractivity contribution >= 4 is 17.6 Å². The van der Waals surface area contributed by atoms with E-state index >= 15 is 0 Å². The van der Waals surface area contributed by atoms with Crippen LogP contribution < -0.4 is 10.1 Å². The van der Waals surface area contributed by atoms with E-state index in [-0.39, 0.29) is 5.91 Å². The van der Waals surface area contributed by atoms with Gasteiger partial charge in [-0.05, 0) is 55.2 Å². The normalized spacial score (nSPS) is 11.8. The number of ether oxygens (including phenoxy) is 2. The molecule has 0 unspecified atom stereocenters. The summed E-state index contributed by atoms with van der Waals surface area (Å²) in [6.07, 6.45) is -0.682. The van der Waals surface area contributed by atoms with Crippen LogP contribution in [0.1, 0.15) is 48.2 Å². The van der Waals surface area contributed by atoms with Gasteiger partial charge in [-0.15, -0.1) is 0 Å². The second-order valence-electron chi connectivity index (χ2n) is 6.46. The Labute approximate surface area is 154 Å². The fourth-order valence-corrected chi connectivity index (χ4v) is 2.61. The number of benzene rings is 2. The van der Waals surface area contributed by atoms with E-state index in [0.717, 1.165) is 16.8 Å². The van der Waals surface area contributed by atoms with Crippen LogP contribution in [0.25, 0.3) is 0 Å². The molecule has 1 N–H and O–H groups in total. The highest BCUT2D eigenvalue weighted by Gasteiger charge is 2.18. The first-order chi connectivity index (χ1) is 12.3. The second-order valence-corrected chi connectivity index (χ2v) is 6.46. The summed E-state index contributed by atoms with van der Waals surface area (Å²) < 4.78 is 10.4. The Kier molecular flexibility index (Phi) is 6.39. The SMILES string of the molecule is COC(=O)c1ccc(O[C@H](C)C(=O)Nc2c(C)cccc2C(C)C)cc1. The number of para-hydroxylation sites is 1. The summed E-state index contributed by atoms with van der Waals surface area (Å²) in [4.78, 5) is 24.0. The predicted octanol–water partition coefficient (Wildman–Crippen LogP) is 4.31. The number of hydrogen-bond acceptors (Lipinski definition) is 4. The molecule has 0 saturated heterocycles. The molecule has 0 spiro atoms. The number of esters is 1. The van der Waals surface area contributed by atoms with Crippen molar-refractivity contribution in [2.75, 3.05) is 12.4 Å². The lowest BCUT2D eigenvalue weighted by Gasteiger charge is -2.19. The molecular weight excluding hydrogens is 330 g/mol. The molecule has 2 aromatic carbocycles. The van der Waals surface area contributed by atoms with Crippen molar-refractivity contribution in [3.63, 3.8) is 0 Å². The largest absolute Gasteiger partial charge is 0.481 e. The van der Waals surface area contributed by atoms with Crippen molar-refractivity contribution < 1.29 is 19.1 Å². The van der Waals surface area contributed by atoms with Gasteiger partial charge in [0.1, 0.15) is 5.75 Å². The minimum absolute atomic E-state index is 0.224. The number of aryl methyl sites for hydroxylation is 1. The van der Waals surface area contributed by atoms with E-state index in [1.54, 1.807) is 31.2 Å². The van der Waals surface area contributed by atoms with Gasteiger partial charge in [-0.25, -0.2) is 4.79 Å². The molecule has 5 nitrogen and oxygen atoms in total. The Morgan fingerprint density at radius 2 is 1.65 bits per heavy atom. The summed E-state index contributed by atoms with van der Waals surface area (Å²) in [5.41, 5.74) is 3.37. The molecule has 0 radical (unpaired) electrons. The summed E-state index contributed by atoms with van der Waals surface area (Å²) in [6.45, 7) is 7.84. The van der Waals surface area contributed by atoms with Gasteiger partial charge in [-0.3, -0.25) is 4.79 Å². The molecule has 0 fully saturated rings. The third-order valence-corrected chi connectivity index (χ3v) is 4.13. The number of hydrogen-bond donors (Lipinski definition) is 1. The number of rotatable bonds is 6.